The number of carbonyl (C=O) groups excluding carboxylic acids is 1. The summed E-state index contributed by atoms with van der Waals surface area (Å²) in [5.74, 6) is 0.0335. The highest BCUT2D eigenvalue weighted by atomic mass is 19.1. The molecule has 7 rings (SSSR count). The van der Waals surface area contributed by atoms with Gasteiger partial charge in [0.2, 0.25) is 17.8 Å². The molecule has 2 aliphatic heterocycles. The molecular formula is C33H44F2N8O. The van der Waals surface area contributed by atoms with Crippen LogP contribution in [0.2, 0.25) is 0 Å². The third-order valence-corrected chi connectivity index (χ3v) is 10.4. The number of anilines is 3. The Labute approximate surface area is 257 Å². The van der Waals surface area contributed by atoms with Crippen molar-refractivity contribution in [3.05, 3.63) is 36.0 Å². The standard InChI is InChI=1S/C33H44F2N8O/c34-23-10-13-28(27(35)20-23)38-33-39-29-21-36-32(37-24-6-2-1-3-7-24)40-30(29)43(33)26-11-8-22(9-12-26)31(44)42-18-14-25(15-19-42)41-16-4-5-17-41/h10,13,20-22,24-26H,1-9,11-12,14-19H2,(H,38,39)(H,36,37,40). The maximum Gasteiger partial charge on any atom is 0.225 e. The first-order valence-corrected chi connectivity index (χ1v) is 16.8. The molecule has 2 aromatic heterocycles. The van der Waals surface area contributed by atoms with Crippen LogP contribution in [0.25, 0.3) is 11.2 Å². The molecule has 4 fully saturated rings. The fourth-order valence-corrected chi connectivity index (χ4v) is 7.93. The molecule has 2 saturated carbocycles. The maximum absolute atomic E-state index is 14.7. The predicted molar refractivity (Wildman–Crippen MR) is 167 cm³/mol. The van der Waals surface area contributed by atoms with E-state index in [9.17, 15) is 13.6 Å². The topological polar surface area (TPSA) is 91.2 Å². The van der Waals surface area contributed by atoms with E-state index in [0.29, 0.717) is 41.1 Å². The fourth-order valence-electron chi connectivity index (χ4n) is 7.93. The molecule has 4 heterocycles. The maximum atomic E-state index is 14.7. The lowest BCUT2D eigenvalue weighted by Gasteiger charge is -2.39. The molecule has 11 heteroatoms. The number of nitrogens with one attached hydrogen (secondary N) is 2. The van der Waals surface area contributed by atoms with Gasteiger partial charge < -0.3 is 20.4 Å². The molecule has 4 aliphatic rings. The molecule has 3 aromatic rings. The van der Waals surface area contributed by atoms with Crippen LogP contribution < -0.4 is 10.6 Å². The molecule has 2 aliphatic carbocycles. The van der Waals surface area contributed by atoms with E-state index < -0.39 is 11.6 Å². The average Bonchev–Trinajstić information content (AvgIpc) is 3.71. The first-order chi connectivity index (χ1) is 21.5. The summed E-state index contributed by atoms with van der Waals surface area (Å²) in [4.78, 5) is 32.5. The van der Waals surface area contributed by atoms with Crippen LogP contribution in [0.1, 0.15) is 89.5 Å². The van der Waals surface area contributed by atoms with Crippen LogP contribution in [0, 0.1) is 17.6 Å². The van der Waals surface area contributed by atoms with E-state index in [1.54, 1.807) is 6.20 Å². The first-order valence-electron chi connectivity index (χ1n) is 16.8. The largest absolute Gasteiger partial charge is 0.351 e. The molecule has 0 radical (unpaired) electrons. The van der Waals surface area contributed by atoms with E-state index >= 15 is 0 Å². The van der Waals surface area contributed by atoms with Crippen LogP contribution in [0.15, 0.2) is 24.4 Å². The number of fused-ring (bicyclic) bond motifs is 1. The van der Waals surface area contributed by atoms with Gasteiger partial charge in [-0.15, -0.1) is 0 Å². The molecule has 1 amide bonds. The Hall–Kier alpha value is -3.34. The van der Waals surface area contributed by atoms with Crippen molar-refractivity contribution in [1.29, 1.82) is 0 Å². The van der Waals surface area contributed by atoms with Crippen molar-refractivity contribution in [3.63, 3.8) is 0 Å². The Balaban J connectivity index is 1.08. The number of hydrogen-bond acceptors (Lipinski definition) is 7. The summed E-state index contributed by atoms with van der Waals surface area (Å²) in [6, 6.07) is 4.50. The van der Waals surface area contributed by atoms with Gasteiger partial charge in [-0.3, -0.25) is 9.36 Å². The van der Waals surface area contributed by atoms with Gasteiger partial charge >= 0.3 is 0 Å². The van der Waals surface area contributed by atoms with Gasteiger partial charge in [-0.25, -0.2) is 18.7 Å². The summed E-state index contributed by atoms with van der Waals surface area (Å²) in [6.07, 6.45) is 15.5. The van der Waals surface area contributed by atoms with Crippen LogP contribution in [-0.4, -0.2) is 73.5 Å². The number of carbonyl (C=O) groups is 1. The number of hydrogen-bond donors (Lipinski definition) is 2. The van der Waals surface area contributed by atoms with E-state index in [1.165, 1.54) is 57.3 Å². The second-order valence-corrected chi connectivity index (χ2v) is 13.2. The summed E-state index contributed by atoms with van der Waals surface area (Å²) in [6.45, 7) is 4.13. The van der Waals surface area contributed by atoms with Crippen molar-refractivity contribution in [3.8, 4) is 0 Å². The van der Waals surface area contributed by atoms with Crippen LogP contribution in [0.4, 0.5) is 26.4 Å². The van der Waals surface area contributed by atoms with Crippen LogP contribution in [0.5, 0.6) is 0 Å². The van der Waals surface area contributed by atoms with E-state index in [1.807, 2.05) is 4.57 Å². The Bertz CT molecular complexity index is 1450. The van der Waals surface area contributed by atoms with Crippen molar-refractivity contribution in [2.75, 3.05) is 36.8 Å². The van der Waals surface area contributed by atoms with Gasteiger partial charge in [0, 0.05) is 43.2 Å². The van der Waals surface area contributed by atoms with Gasteiger partial charge in [0.1, 0.15) is 17.2 Å². The lowest BCUT2D eigenvalue weighted by Crippen LogP contribution is -2.48. The molecule has 2 saturated heterocycles. The third kappa shape index (κ3) is 6.25. The molecule has 0 atom stereocenters. The van der Waals surface area contributed by atoms with Crippen LogP contribution in [-0.2, 0) is 4.79 Å². The van der Waals surface area contributed by atoms with Gasteiger partial charge in [0.25, 0.3) is 0 Å². The van der Waals surface area contributed by atoms with Gasteiger partial charge in [-0.05, 0) is 89.4 Å². The summed E-state index contributed by atoms with van der Waals surface area (Å²) < 4.78 is 30.4. The van der Waals surface area contributed by atoms with E-state index in [0.717, 1.165) is 70.5 Å². The molecule has 0 unspecified atom stereocenters. The number of benzene rings is 1. The van der Waals surface area contributed by atoms with E-state index in [2.05, 4.69) is 25.4 Å². The number of aromatic nitrogens is 4. The van der Waals surface area contributed by atoms with Crippen molar-refractivity contribution in [2.24, 2.45) is 5.92 Å². The van der Waals surface area contributed by atoms with Crippen molar-refractivity contribution in [2.45, 2.75) is 102 Å². The number of piperidine rings is 1. The second kappa shape index (κ2) is 12.9. The minimum absolute atomic E-state index is 0.0217. The Kier molecular flexibility index (Phi) is 8.64. The smallest absolute Gasteiger partial charge is 0.225 e. The molecule has 9 nitrogen and oxygen atoms in total. The molecule has 0 spiro atoms. The lowest BCUT2D eigenvalue weighted by molar-refractivity contribution is -0.138. The quantitative estimate of drug-likeness (QED) is 0.321. The van der Waals surface area contributed by atoms with Crippen LogP contribution >= 0.6 is 0 Å². The van der Waals surface area contributed by atoms with Crippen molar-refractivity contribution in [1.82, 2.24) is 29.3 Å². The molecule has 2 N–H and O–H groups in total. The zero-order valence-corrected chi connectivity index (χ0v) is 25.5. The Morgan fingerprint density at radius 2 is 1.57 bits per heavy atom. The fraction of sp³-hybridized carbons (Fsp3) is 0.636. The molecular weight excluding hydrogens is 562 g/mol. The summed E-state index contributed by atoms with van der Waals surface area (Å²) >= 11 is 0. The van der Waals surface area contributed by atoms with Gasteiger partial charge in [-0.2, -0.15) is 4.98 Å². The van der Waals surface area contributed by atoms with Crippen molar-refractivity contribution >= 4 is 34.7 Å². The normalized spacial score (nSPS) is 24.2. The SMILES string of the molecule is O=C(C1CCC(n2c(Nc3ccc(F)cc3F)nc3cnc(NC4CCCCC4)nc32)CC1)N1CCC(N2CCCC2)CC1. The third-order valence-electron chi connectivity index (χ3n) is 10.4. The van der Waals surface area contributed by atoms with Gasteiger partial charge in [0.15, 0.2) is 5.65 Å². The highest BCUT2D eigenvalue weighted by Crippen LogP contribution is 2.38. The van der Waals surface area contributed by atoms with E-state index in [4.69, 9.17) is 9.97 Å². The number of amides is 1. The second-order valence-electron chi connectivity index (χ2n) is 13.2. The zero-order valence-electron chi connectivity index (χ0n) is 25.5. The minimum Gasteiger partial charge on any atom is -0.351 e. The highest BCUT2D eigenvalue weighted by Gasteiger charge is 2.35. The first kappa shape index (κ1) is 29.4. The number of likely N-dealkylation sites (tertiary alicyclic amines) is 2. The van der Waals surface area contributed by atoms with Gasteiger partial charge in [0.05, 0.1) is 11.9 Å². The molecule has 236 valence electrons. The summed E-state index contributed by atoms with van der Waals surface area (Å²) in [5.41, 5.74) is 1.45. The van der Waals surface area contributed by atoms with E-state index in [-0.39, 0.29) is 17.6 Å². The number of halogens is 2. The molecule has 1 aromatic carbocycles. The predicted octanol–water partition coefficient (Wildman–Crippen LogP) is 6.41. The van der Waals surface area contributed by atoms with Crippen LogP contribution in [0.3, 0.4) is 0 Å². The number of rotatable bonds is 7. The van der Waals surface area contributed by atoms with Crippen molar-refractivity contribution < 1.29 is 13.6 Å². The average molecular weight is 607 g/mol. The highest BCUT2D eigenvalue weighted by molar-refractivity contribution is 5.79. The Morgan fingerprint density at radius 1 is 0.818 bits per heavy atom. The zero-order chi connectivity index (χ0) is 30.0. The van der Waals surface area contributed by atoms with Gasteiger partial charge in [-0.1, -0.05) is 19.3 Å². The Morgan fingerprint density at radius 3 is 2.30 bits per heavy atom. The number of imidazole rings is 1. The minimum atomic E-state index is -0.683. The summed E-state index contributed by atoms with van der Waals surface area (Å²) in [7, 11) is 0. The lowest BCUT2D eigenvalue weighted by atomic mass is 9.84. The summed E-state index contributed by atoms with van der Waals surface area (Å²) in [5, 5.41) is 6.63. The molecule has 0 bridgehead atoms. The number of nitrogens with zero attached hydrogens (tertiary/aromatic N) is 6. The monoisotopic (exact) mass is 606 g/mol. The molecule has 44 heavy (non-hydrogen) atoms.